The van der Waals surface area contributed by atoms with Gasteiger partial charge in [-0.15, -0.1) is 0 Å². The van der Waals surface area contributed by atoms with E-state index in [0.29, 0.717) is 0 Å². The van der Waals surface area contributed by atoms with Crippen molar-refractivity contribution in [3.8, 4) is 0 Å². The molecule has 4 heteroatoms. The second-order valence-corrected chi connectivity index (χ2v) is 4.46. The van der Waals surface area contributed by atoms with E-state index in [1.165, 1.54) is 11.9 Å². The first-order valence-corrected chi connectivity index (χ1v) is 6.16. The van der Waals surface area contributed by atoms with Gasteiger partial charge in [-0.2, -0.15) is 0 Å². The normalized spacial score (nSPS) is 10.6. The first-order valence-electron chi connectivity index (χ1n) is 6.16. The maximum atomic E-state index is 4.49. The predicted molar refractivity (Wildman–Crippen MR) is 75.8 cm³/mol. The van der Waals surface area contributed by atoms with Crippen molar-refractivity contribution in [2.45, 2.75) is 13.5 Å². The van der Waals surface area contributed by atoms with Crippen molar-refractivity contribution < 1.29 is 0 Å². The van der Waals surface area contributed by atoms with Crippen LogP contribution in [0.15, 0.2) is 49.1 Å². The second kappa shape index (κ2) is 5.02. The van der Waals surface area contributed by atoms with Crippen LogP contribution in [0.1, 0.15) is 11.3 Å². The van der Waals surface area contributed by atoms with Crippen LogP contribution in [-0.2, 0) is 6.54 Å². The number of pyridine rings is 1. The molecule has 0 unspecified atom stereocenters. The molecule has 3 rings (SSSR count). The lowest BCUT2D eigenvalue weighted by Gasteiger charge is -2.06. The van der Waals surface area contributed by atoms with Gasteiger partial charge in [-0.05, 0) is 30.7 Å². The molecule has 0 radical (unpaired) electrons. The van der Waals surface area contributed by atoms with Crippen LogP contribution in [0.4, 0.5) is 5.69 Å². The summed E-state index contributed by atoms with van der Waals surface area (Å²) in [7, 11) is 0. The van der Waals surface area contributed by atoms with Crippen LogP contribution in [0.25, 0.3) is 10.9 Å². The first-order chi connectivity index (χ1) is 9.31. The highest BCUT2D eigenvalue weighted by Gasteiger charge is 1.99. The third-order valence-corrected chi connectivity index (χ3v) is 2.95. The van der Waals surface area contributed by atoms with Gasteiger partial charge in [0.25, 0.3) is 0 Å². The maximum absolute atomic E-state index is 4.49. The number of benzene rings is 1. The fraction of sp³-hybridized carbons (Fsp3) is 0.133. The summed E-state index contributed by atoms with van der Waals surface area (Å²) in [5.74, 6) is 0. The zero-order chi connectivity index (χ0) is 13.1. The summed E-state index contributed by atoms with van der Waals surface area (Å²) in [6, 6.07) is 10.4. The van der Waals surface area contributed by atoms with Crippen molar-refractivity contribution in [1.82, 2.24) is 15.0 Å². The maximum Gasteiger partial charge on any atom is 0.115 e. The van der Waals surface area contributed by atoms with Crippen molar-refractivity contribution in [2.24, 2.45) is 0 Å². The number of anilines is 1. The molecule has 0 fully saturated rings. The van der Waals surface area contributed by atoms with E-state index in [1.54, 1.807) is 12.4 Å². The molecule has 0 saturated carbocycles. The van der Waals surface area contributed by atoms with E-state index in [9.17, 15) is 0 Å². The van der Waals surface area contributed by atoms with Gasteiger partial charge < -0.3 is 5.32 Å². The Morgan fingerprint density at radius 3 is 2.74 bits per heavy atom. The number of aryl methyl sites for hydroxylation is 1. The zero-order valence-corrected chi connectivity index (χ0v) is 10.7. The SMILES string of the molecule is Cc1ccc2cc(CNc3cncnc3)ccc2n1. The molecule has 2 heterocycles. The van der Waals surface area contributed by atoms with Crippen LogP contribution >= 0.6 is 0 Å². The second-order valence-electron chi connectivity index (χ2n) is 4.46. The molecule has 0 atom stereocenters. The zero-order valence-electron chi connectivity index (χ0n) is 10.7. The number of nitrogens with zero attached hydrogens (tertiary/aromatic N) is 3. The molecule has 2 aromatic heterocycles. The monoisotopic (exact) mass is 250 g/mol. The number of aromatic nitrogens is 3. The Labute approximate surface area is 111 Å². The summed E-state index contributed by atoms with van der Waals surface area (Å²) < 4.78 is 0. The van der Waals surface area contributed by atoms with Gasteiger partial charge in [-0.3, -0.25) is 4.98 Å². The topological polar surface area (TPSA) is 50.7 Å². The fourth-order valence-corrected chi connectivity index (χ4v) is 1.98. The quantitative estimate of drug-likeness (QED) is 0.776. The van der Waals surface area contributed by atoms with E-state index in [1.807, 2.05) is 13.0 Å². The molecular weight excluding hydrogens is 236 g/mol. The van der Waals surface area contributed by atoms with E-state index in [-0.39, 0.29) is 0 Å². The van der Waals surface area contributed by atoms with E-state index < -0.39 is 0 Å². The Morgan fingerprint density at radius 2 is 1.89 bits per heavy atom. The van der Waals surface area contributed by atoms with Gasteiger partial charge >= 0.3 is 0 Å². The minimum absolute atomic E-state index is 0.747. The number of hydrogen-bond acceptors (Lipinski definition) is 4. The van der Waals surface area contributed by atoms with Crippen LogP contribution in [0.2, 0.25) is 0 Å². The van der Waals surface area contributed by atoms with Crippen LogP contribution in [0, 0.1) is 6.92 Å². The highest BCUT2D eigenvalue weighted by atomic mass is 14.9. The van der Waals surface area contributed by atoms with E-state index in [4.69, 9.17) is 0 Å². The smallest absolute Gasteiger partial charge is 0.115 e. The lowest BCUT2D eigenvalue weighted by Crippen LogP contribution is -2.00. The molecule has 19 heavy (non-hydrogen) atoms. The van der Waals surface area contributed by atoms with Crippen LogP contribution in [0.3, 0.4) is 0 Å². The molecule has 0 aliphatic carbocycles. The third-order valence-electron chi connectivity index (χ3n) is 2.95. The van der Waals surface area contributed by atoms with Gasteiger partial charge in [-0.25, -0.2) is 9.97 Å². The number of fused-ring (bicyclic) bond motifs is 1. The Bertz CT molecular complexity index is 695. The molecule has 1 N–H and O–H groups in total. The molecule has 0 bridgehead atoms. The average Bonchev–Trinajstić information content (AvgIpc) is 2.46. The van der Waals surface area contributed by atoms with E-state index in [0.717, 1.165) is 28.8 Å². The fourth-order valence-electron chi connectivity index (χ4n) is 1.98. The number of nitrogens with one attached hydrogen (secondary N) is 1. The molecule has 94 valence electrons. The van der Waals surface area contributed by atoms with Gasteiger partial charge in [-0.1, -0.05) is 12.1 Å². The summed E-state index contributed by atoms with van der Waals surface area (Å²) >= 11 is 0. The predicted octanol–water partition coefficient (Wildman–Crippen LogP) is 2.95. The average molecular weight is 250 g/mol. The standard InChI is InChI=1S/C15H14N4/c1-11-2-4-13-6-12(3-5-15(13)19-11)7-18-14-8-16-10-17-9-14/h2-6,8-10,18H,7H2,1H3. The van der Waals surface area contributed by atoms with E-state index >= 15 is 0 Å². The Morgan fingerprint density at radius 1 is 1.05 bits per heavy atom. The highest BCUT2D eigenvalue weighted by molar-refractivity contribution is 5.79. The van der Waals surface area contributed by atoms with Crippen molar-refractivity contribution in [3.05, 3.63) is 60.3 Å². The Kier molecular flexibility index (Phi) is 3.06. The molecule has 0 amide bonds. The Hall–Kier alpha value is -2.49. The summed E-state index contributed by atoms with van der Waals surface area (Å²) in [6.07, 6.45) is 5.05. The molecule has 4 nitrogen and oxygen atoms in total. The summed E-state index contributed by atoms with van der Waals surface area (Å²) in [4.78, 5) is 12.4. The van der Waals surface area contributed by atoms with Crippen molar-refractivity contribution in [1.29, 1.82) is 0 Å². The van der Waals surface area contributed by atoms with Gasteiger partial charge in [0.05, 0.1) is 23.6 Å². The molecular formula is C15H14N4. The number of rotatable bonds is 3. The third kappa shape index (κ3) is 2.68. The summed E-state index contributed by atoms with van der Waals surface area (Å²) in [5, 5.41) is 4.45. The van der Waals surface area contributed by atoms with Crippen LogP contribution in [-0.4, -0.2) is 15.0 Å². The van der Waals surface area contributed by atoms with Gasteiger partial charge in [0.1, 0.15) is 6.33 Å². The Balaban J connectivity index is 1.80. The van der Waals surface area contributed by atoms with Gasteiger partial charge in [0.2, 0.25) is 0 Å². The minimum Gasteiger partial charge on any atom is -0.378 e. The summed E-state index contributed by atoms with van der Waals surface area (Å²) in [5.41, 5.74) is 4.21. The summed E-state index contributed by atoms with van der Waals surface area (Å²) in [6.45, 7) is 2.75. The molecule has 0 aliphatic rings. The molecule has 1 aromatic carbocycles. The highest BCUT2D eigenvalue weighted by Crippen LogP contribution is 2.15. The molecule has 0 saturated heterocycles. The number of hydrogen-bond donors (Lipinski definition) is 1. The van der Waals surface area contributed by atoms with Crippen molar-refractivity contribution in [2.75, 3.05) is 5.32 Å². The molecule has 3 aromatic rings. The van der Waals surface area contributed by atoms with Gasteiger partial charge in [0, 0.05) is 17.6 Å². The minimum atomic E-state index is 0.747. The van der Waals surface area contributed by atoms with E-state index in [2.05, 4.69) is 44.5 Å². The van der Waals surface area contributed by atoms with Crippen LogP contribution < -0.4 is 5.32 Å². The van der Waals surface area contributed by atoms with Crippen molar-refractivity contribution in [3.63, 3.8) is 0 Å². The lowest BCUT2D eigenvalue weighted by atomic mass is 10.1. The largest absolute Gasteiger partial charge is 0.378 e. The van der Waals surface area contributed by atoms with Crippen LogP contribution in [0.5, 0.6) is 0 Å². The lowest BCUT2D eigenvalue weighted by molar-refractivity contribution is 1.10. The first kappa shape index (κ1) is 11.6. The molecule has 0 spiro atoms. The molecule has 0 aliphatic heterocycles. The van der Waals surface area contributed by atoms with Crippen molar-refractivity contribution >= 4 is 16.6 Å². The van der Waals surface area contributed by atoms with Gasteiger partial charge in [0.15, 0.2) is 0 Å².